The molecule has 0 aliphatic carbocycles. The maximum atomic E-state index is 12.6. The number of nitrogen functional groups attached to an aromatic ring is 1. The number of aromatic nitrogens is 2. The highest BCUT2D eigenvalue weighted by atomic mass is 16.5. The molecule has 6 nitrogen and oxygen atoms in total. The number of hydrogen-bond donors (Lipinski definition) is 1. The molecule has 0 radical (unpaired) electrons. The molecule has 0 atom stereocenters. The fraction of sp³-hybridized carbons (Fsp3) is 0.312. The summed E-state index contributed by atoms with van der Waals surface area (Å²) in [5.41, 5.74) is 8.16. The minimum absolute atomic E-state index is 0.00844. The third-order valence-corrected chi connectivity index (χ3v) is 3.66. The first kappa shape index (κ1) is 14.3. The third kappa shape index (κ3) is 2.86. The highest BCUT2D eigenvalue weighted by Gasteiger charge is 2.23. The maximum Gasteiger partial charge on any atom is 0.254 e. The number of nitrogens with two attached hydrogens (primary N) is 1. The van der Waals surface area contributed by atoms with Crippen LogP contribution in [0.15, 0.2) is 30.5 Å². The molecule has 114 valence electrons. The lowest BCUT2D eigenvalue weighted by molar-refractivity contribution is 0.0731. The van der Waals surface area contributed by atoms with Gasteiger partial charge in [-0.1, -0.05) is 0 Å². The zero-order valence-electron chi connectivity index (χ0n) is 12.5. The monoisotopic (exact) mass is 298 g/mol. The topological polar surface area (TPSA) is 81.3 Å². The van der Waals surface area contributed by atoms with E-state index in [0.29, 0.717) is 25.3 Å². The summed E-state index contributed by atoms with van der Waals surface area (Å²) in [5.74, 6) is 1.00. The van der Waals surface area contributed by atoms with Gasteiger partial charge in [-0.3, -0.25) is 4.79 Å². The molecule has 2 aromatic rings. The van der Waals surface area contributed by atoms with Gasteiger partial charge in [-0.2, -0.15) is 0 Å². The summed E-state index contributed by atoms with van der Waals surface area (Å²) in [6.45, 7) is 3.66. The molecule has 0 saturated heterocycles. The molecule has 2 heterocycles. The number of ether oxygens (including phenoxy) is 1. The van der Waals surface area contributed by atoms with E-state index in [0.717, 1.165) is 23.4 Å². The predicted octanol–water partition coefficient (Wildman–Crippen LogP) is 1.66. The third-order valence-electron chi connectivity index (χ3n) is 3.66. The van der Waals surface area contributed by atoms with Crippen LogP contribution in [0.1, 0.15) is 28.5 Å². The highest BCUT2D eigenvalue weighted by molar-refractivity contribution is 5.94. The molecule has 1 amide bonds. The molecule has 0 bridgehead atoms. The molecule has 1 aromatic carbocycles. The van der Waals surface area contributed by atoms with E-state index in [1.807, 2.05) is 19.1 Å². The molecule has 0 fully saturated rings. The van der Waals surface area contributed by atoms with Crippen LogP contribution in [0.3, 0.4) is 0 Å². The maximum absolute atomic E-state index is 12.6. The summed E-state index contributed by atoms with van der Waals surface area (Å²) in [5, 5.41) is 0. The van der Waals surface area contributed by atoms with Crippen molar-refractivity contribution in [3.05, 3.63) is 47.3 Å². The van der Waals surface area contributed by atoms with Crippen LogP contribution < -0.4 is 10.5 Å². The van der Waals surface area contributed by atoms with E-state index >= 15 is 0 Å². The minimum atomic E-state index is -0.00844. The Labute approximate surface area is 128 Å². The van der Waals surface area contributed by atoms with Crippen molar-refractivity contribution >= 4 is 11.9 Å². The second-order valence-corrected chi connectivity index (χ2v) is 5.13. The van der Waals surface area contributed by atoms with Gasteiger partial charge in [-0.15, -0.1) is 0 Å². The average molecular weight is 298 g/mol. The largest absolute Gasteiger partial charge is 0.494 e. The Bertz CT molecular complexity index is 685. The molecule has 2 N–H and O–H groups in total. The summed E-state index contributed by atoms with van der Waals surface area (Å²) in [6, 6.07) is 7.21. The van der Waals surface area contributed by atoms with Gasteiger partial charge in [0.2, 0.25) is 5.95 Å². The number of nitrogens with zero attached hydrogens (tertiary/aromatic N) is 3. The molecule has 22 heavy (non-hydrogen) atoms. The van der Waals surface area contributed by atoms with Crippen LogP contribution >= 0.6 is 0 Å². The predicted molar refractivity (Wildman–Crippen MR) is 82.5 cm³/mol. The fourth-order valence-electron chi connectivity index (χ4n) is 2.53. The Kier molecular flexibility index (Phi) is 3.91. The lowest BCUT2D eigenvalue weighted by atomic mass is 10.1. The van der Waals surface area contributed by atoms with Crippen molar-refractivity contribution in [1.82, 2.24) is 14.9 Å². The second kappa shape index (κ2) is 6.01. The zero-order valence-corrected chi connectivity index (χ0v) is 12.5. The standard InChI is InChI=1S/C16H18N4O2/c1-2-22-13-5-3-11(4-6-13)15(21)20-8-7-12-9-18-16(17)19-14(12)10-20/h3-6,9H,2,7-8,10H2,1H3,(H2,17,18,19). The van der Waals surface area contributed by atoms with Gasteiger partial charge in [-0.25, -0.2) is 9.97 Å². The van der Waals surface area contributed by atoms with Crippen molar-refractivity contribution in [3.8, 4) is 5.75 Å². The van der Waals surface area contributed by atoms with Gasteiger partial charge in [0.05, 0.1) is 18.8 Å². The van der Waals surface area contributed by atoms with Gasteiger partial charge < -0.3 is 15.4 Å². The van der Waals surface area contributed by atoms with Crippen molar-refractivity contribution in [1.29, 1.82) is 0 Å². The van der Waals surface area contributed by atoms with Crippen LogP contribution in [0.25, 0.3) is 0 Å². The van der Waals surface area contributed by atoms with E-state index < -0.39 is 0 Å². The number of hydrogen-bond acceptors (Lipinski definition) is 5. The van der Waals surface area contributed by atoms with E-state index in [1.165, 1.54) is 0 Å². The highest BCUT2D eigenvalue weighted by Crippen LogP contribution is 2.20. The molecular weight excluding hydrogens is 280 g/mol. The summed E-state index contributed by atoms with van der Waals surface area (Å²) in [7, 11) is 0. The van der Waals surface area contributed by atoms with Crippen LogP contribution in [0.4, 0.5) is 5.95 Å². The smallest absolute Gasteiger partial charge is 0.254 e. The first-order valence-electron chi connectivity index (χ1n) is 7.29. The fourth-order valence-corrected chi connectivity index (χ4v) is 2.53. The number of anilines is 1. The molecule has 3 rings (SSSR count). The van der Waals surface area contributed by atoms with Crippen LogP contribution in [0.5, 0.6) is 5.75 Å². The molecule has 0 unspecified atom stereocenters. The van der Waals surface area contributed by atoms with Gasteiger partial charge in [0, 0.05) is 18.3 Å². The molecule has 0 saturated carbocycles. The van der Waals surface area contributed by atoms with Crippen LogP contribution in [-0.4, -0.2) is 33.9 Å². The van der Waals surface area contributed by atoms with E-state index in [4.69, 9.17) is 10.5 Å². The molecule has 6 heteroatoms. The molecule has 1 aliphatic heterocycles. The van der Waals surface area contributed by atoms with Crippen LogP contribution in [-0.2, 0) is 13.0 Å². The van der Waals surface area contributed by atoms with Gasteiger partial charge in [0.1, 0.15) is 5.75 Å². The number of amides is 1. The van der Waals surface area contributed by atoms with Crippen LogP contribution in [0.2, 0.25) is 0 Å². The van der Waals surface area contributed by atoms with Crippen LogP contribution in [0, 0.1) is 0 Å². The lowest BCUT2D eigenvalue weighted by Gasteiger charge is -2.28. The van der Waals surface area contributed by atoms with Crippen molar-refractivity contribution in [3.63, 3.8) is 0 Å². The minimum Gasteiger partial charge on any atom is -0.494 e. The first-order chi connectivity index (χ1) is 10.7. The molecule has 1 aliphatic rings. The quantitative estimate of drug-likeness (QED) is 0.932. The van der Waals surface area contributed by atoms with Gasteiger partial charge >= 0.3 is 0 Å². The molecule has 1 aromatic heterocycles. The number of carbonyl (C=O) groups excluding carboxylic acids is 1. The summed E-state index contributed by atoms with van der Waals surface area (Å²) < 4.78 is 5.39. The number of carbonyl (C=O) groups is 1. The van der Waals surface area contributed by atoms with E-state index in [-0.39, 0.29) is 11.9 Å². The Morgan fingerprint density at radius 2 is 2.14 bits per heavy atom. The Morgan fingerprint density at radius 1 is 1.36 bits per heavy atom. The normalized spacial score (nSPS) is 13.6. The lowest BCUT2D eigenvalue weighted by Crippen LogP contribution is -2.36. The summed E-state index contributed by atoms with van der Waals surface area (Å²) in [4.78, 5) is 22.6. The summed E-state index contributed by atoms with van der Waals surface area (Å²) >= 11 is 0. The van der Waals surface area contributed by atoms with Crippen molar-refractivity contribution in [2.45, 2.75) is 19.9 Å². The first-order valence-corrected chi connectivity index (χ1v) is 7.29. The van der Waals surface area contributed by atoms with Crippen molar-refractivity contribution in [2.75, 3.05) is 18.9 Å². The van der Waals surface area contributed by atoms with Gasteiger partial charge in [-0.05, 0) is 43.2 Å². The zero-order chi connectivity index (χ0) is 15.5. The number of benzene rings is 1. The van der Waals surface area contributed by atoms with Crippen molar-refractivity contribution in [2.24, 2.45) is 0 Å². The Hall–Kier alpha value is -2.63. The van der Waals surface area contributed by atoms with Gasteiger partial charge in [0.25, 0.3) is 5.91 Å². The summed E-state index contributed by atoms with van der Waals surface area (Å²) in [6.07, 6.45) is 2.49. The Morgan fingerprint density at radius 3 is 2.86 bits per heavy atom. The van der Waals surface area contributed by atoms with Crippen molar-refractivity contribution < 1.29 is 9.53 Å². The number of rotatable bonds is 3. The average Bonchev–Trinajstić information content (AvgIpc) is 2.54. The van der Waals surface area contributed by atoms with E-state index in [2.05, 4.69) is 9.97 Å². The SMILES string of the molecule is CCOc1ccc(C(=O)N2CCc3cnc(N)nc3C2)cc1. The van der Waals surface area contributed by atoms with E-state index in [9.17, 15) is 4.79 Å². The Balaban J connectivity index is 1.75. The van der Waals surface area contributed by atoms with E-state index in [1.54, 1.807) is 23.2 Å². The molecular formula is C16H18N4O2. The molecule has 0 spiro atoms. The second-order valence-electron chi connectivity index (χ2n) is 5.13. The van der Waals surface area contributed by atoms with Gasteiger partial charge in [0.15, 0.2) is 0 Å². The number of fused-ring (bicyclic) bond motifs is 1.